The van der Waals surface area contributed by atoms with Crippen LogP contribution in [0.1, 0.15) is 52.4 Å². The van der Waals surface area contributed by atoms with Gasteiger partial charge >= 0.3 is 0 Å². The molecule has 1 unspecified atom stereocenters. The van der Waals surface area contributed by atoms with E-state index in [9.17, 15) is 9.59 Å². The molecule has 0 saturated carbocycles. The second kappa shape index (κ2) is 10.9. The van der Waals surface area contributed by atoms with Crippen molar-refractivity contribution in [3.05, 3.63) is 0 Å². The summed E-state index contributed by atoms with van der Waals surface area (Å²) in [6.07, 6.45) is 4.93. The van der Waals surface area contributed by atoms with E-state index in [1.165, 1.54) is 0 Å². The summed E-state index contributed by atoms with van der Waals surface area (Å²) in [7, 11) is 0. The average Bonchev–Trinajstić information content (AvgIpc) is 2.45. The number of nitrogens with zero attached hydrogens (tertiary/aromatic N) is 1. The van der Waals surface area contributed by atoms with Crippen LogP contribution >= 0.6 is 12.4 Å². The third-order valence-corrected chi connectivity index (χ3v) is 3.86. The number of unbranched alkanes of at least 4 members (excludes halogenated alkanes) is 1. The van der Waals surface area contributed by atoms with Crippen LogP contribution in [0.4, 0.5) is 0 Å². The molecule has 2 amide bonds. The lowest BCUT2D eigenvalue weighted by Crippen LogP contribution is -2.43. The highest BCUT2D eigenvalue weighted by Gasteiger charge is 2.26. The zero-order valence-electron chi connectivity index (χ0n) is 13.3. The molecule has 1 atom stereocenters. The van der Waals surface area contributed by atoms with Gasteiger partial charge < -0.3 is 16.0 Å². The van der Waals surface area contributed by atoms with Gasteiger partial charge in [-0.3, -0.25) is 9.59 Å². The second-order valence-corrected chi connectivity index (χ2v) is 5.82. The Hall–Kier alpha value is -0.810. The molecule has 0 aromatic rings. The lowest BCUT2D eigenvalue weighted by Gasteiger charge is -2.31. The number of halogens is 1. The van der Waals surface area contributed by atoms with Crippen molar-refractivity contribution in [2.75, 3.05) is 19.6 Å². The van der Waals surface area contributed by atoms with Gasteiger partial charge in [0.15, 0.2) is 0 Å². The fourth-order valence-electron chi connectivity index (χ4n) is 2.43. The van der Waals surface area contributed by atoms with Crippen LogP contribution < -0.4 is 11.1 Å². The Bertz CT molecular complexity index is 316. The summed E-state index contributed by atoms with van der Waals surface area (Å²) < 4.78 is 0. The number of carbonyl (C=O) groups is 2. The van der Waals surface area contributed by atoms with Gasteiger partial charge in [-0.05, 0) is 32.6 Å². The molecular weight excluding hydrogens is 290 g/mol. The number of rotatable bonds is 7. The smallest absolute Gasteiger partial charge is 0.223 e. The first-order chi connectivity index (χ1) is 9.54. The van der Waals surface area contributed by atoms with Crippen molar-refractivity contribution in [1.29, 1.82) is 0 Å². The van der Waals surface area contributed by atoms with Crippen LogP contribution in [-0.2, 0) is 9.59 Å². The lowest BCUT2D eigenvalue weighted by atomic mass is 9.95. The highest BCUT2D eigenvalue weighted by Crippen LogP contribution is 2.18. The third kappa shape index (κ3) is 7.67. The van der Waals surface area contributed by atoms with Gasteiger partial charge in [-0.15, -0.1) is 12.4 Å². The van der Waals surface area contributed by atoms with Crippen molar-refractivity contribution >= 4 is 24.2 Å². The van der Waals surface area contributed by atoms with Crippen molar-refractivity contribution < 1.29 is 9.59 Å². The van der Waals surface area contributed by atoms with Crippen molar-refractivity contribution in [2.24, 2.45) is 11.7 Å². The predicted molar refractivity (Wildman–Crippen MR) is 87.4 cm³/mol. The predicted octanol–water partition coefficient (Wildman–Crippen LogP) is 1.69. The third-order valence-electron chi connectivity index (χ3n) is 3.86. The number of likely N-dealkylation sites (tertiary alicyclic amines) is 1. The van der Waals surface area contributed by atoms with Crippen molar-refractivity contribution in [3.63, 3.8) is 0 Å². The van der Waals surface area contributed by atoms with Gasteiger partial charge in [-0.2, -0.15) is 0 Å². The maximum atomic E-state index is 12.0. The summed E-state index contributed by atoms with van der Waals surface area (Å²) in [6, 6.07) is 0.0702. The van der Waals surface area contributed by atoms with Gasteiger partial charge in [0, 0.05) is 38.0 Å². The molecule has 3 N–H and O–H groups in total. The van der Waals surface area contributed by atoms with Crippen LogP contribution in [0, 0.1) is 5.92 Å². The number of hydrogen-bond donors (Lipinski definition) is 2. The molecule has 0 bridgehead atoms. The number of nitrogens with two attached hydrogens (primary N) is 1. The van der Waals surface area contributed by atoms with Gasteiger partial charge in [0.2, 0.25) is 11.8 Å². The van der Waals surface area contributed by atoms with Crippen LogP contribution in [0.2, 0.25) is 0 Å². The zero-order chi connectivity index (χ0) is 15.0. The maximum Gasteiger partial charge on any atom is 0.223 e. The molecule has 1 aliphatic heterocycles. The van der Waals surface area contributed by atoms with E-state index in [0.717, 1.165) is 38.6 Å². The van der Waals surface area contributed by atoms with Gasteiger partial charge in [0.05, 0.1) is 0 Å². The molecule has 1 rings (SSSR count). The summed E-state index contributed by atoms with van der Waals surface area (Å²) in [6.45, 7) is 6.19. The summed E-state index contributed by atoms with van der Waals surface area (Å²) in [4.78, 5) is 25.8. The van der Waals surface area contributed by atoms with Crippen molar-refractivity contribution in [1.82, 2.24) is 10.2 Å². The van der Waals surface area contributed by atoms with E-state index in [4.69, 9.17) is 5.73 Å². The lowest BCUT2D eigenvalue weighted by molar-refractivity contribution is -0.135. The van der Waals surface area contributed by atoms with Crippen LogP contribution in [0.3, 0.4) is 0 Å². The second-order valence-electron chi connectivity index (χ2n) is 5.82. The Morgan fingerprint density at radius 1 is 1.33 bits per heavy atom. The van der Waals surface area contributed by atoms with E-state index in [0.29, 0.717) is 19.5 Å². The normalized spacial score (nSPS) is 17.0. The first-order valence-electron chi connectivity index (χ1n) is 7.85. The van der Waals surface area contributed by atoms with E-state index in [-0.39, 0.29) is 36.2 Å². The molecule has 1 aliphatic rings. The number of nitrogens with one attached hydrogen (secondary N) is 1. The molecule has 0 aromatic carbocycles. The minimum atomic E-state index is 0. The van der Waals surface area contributed by atoms with E-state index in [1.807, 2.05) is 11.8 Å². The molecule has 5 nitrogen and oxygen atoms in total. The zero-order valence-corrected chi connectivity index (χ0v) is 14.1. The molecule has 1 saturated heterocycles. The number of hydrogen-bond acceptors (Lipinski definition) is 3. The molecule has 124 valence electrons. The minimum Gasteiger partial charge on any atom is -0.356 e. The molecule has 0 aliphatic carbocycles. The van der Waals surface area contributed by atoms with Crippen LogP contribution in [-0.4, -0.2) is 42.4 Å². The first-order valence-corrected chi connectivity index (χ1v) is 7.85. The van der Waals surface area contributed by atoms with E-state index in [2.05, 4.69) is 12.2 Å². The monoisotopic (exact) mass is 319 g/mol. The van der Waals surface area contributed by atoms with Crippen LogP contribution in [0.15, 0.2) is 0 Å². The molecule has 1 heterocycles. The Balaban J connectivity index is 0.00000400. The maximum absolute atomic E-state index is 12.0. The van der Waals surface area contributed by atoms with Gasteiger partial charge in [0.25, 0.3) is 0 Å². The number of amides is 2. The molecule has 0 radical (unpaired) electrons. The van der Waals surface area contributed by atoms with Crippen molar-refractivity contribution in [3.8, 4) is 0 Å². The van der Waals surface area contributed by atoms with E-state index < -0.39 is 0 Å². The quantitative estimate of drug-likeness (QED) is 0.701. The molecule has 0 aromatic heterocycles. The molecule has 1 fully saturated rings. The van der Waals surface area contributed by atoms with Crippen LogP contribution in [0.25, 0.3) is 0 Å². The largest absolute Gasteiger partial charge is 0.356 e. The number of piperidine rings is 1. The topological polar surface area (TPSA) is 75.4 Å². The van der Waals surface area contributed by atoms with Gasteiger partial charge in [0.1, 0.15) is 0 Å². The van der Waals surface area contributed by atoms with E-state index >= 15 is 0 Å². The highest BCUT2D eigenvalue weighted by atomic mass is 35.5. The summed E-state index contributed by atoms with van der Waals surface area (Å²) in [5, 5.41) is 2.98. The van der Waals surface area contributed by atoms with Gasteiger partial charge in [-0.25, -0.2) is 0 Å². The highest BCUT2D eigenvalue weighted by molar-refractivity contribution is 5.85. The Labute approximate surface area is 134 Å². The molecule has 0 spiro atoms. The van der Waals surface area contributed by atoms with Gasteiger partial charge in [-0.1, -0.05) is 13.3 Å². The van der Waals surface area contributed by atoms with Crippen LogP contribution in [0.5, 0.6) is 0 Å². The van der Waals surface area contributed by atoms with Crippen molar-refractivity contribution in [2.45, 2.75) is 58.4 Å². The first kappa shape index (κ1) is 20.2. The minimum absolute atomic E-state index is 0. The molecule has 6 heteroatoms. The Morgan fingerprint density at radius 3 is 2.48 bits per heavy atom. The Kier molecular flexibility index (Phi) is 10.4. The fraction of sp³-hybridized carbons (Fsp3) is 0.867. The number of carbonyl (C=O) groups excluding carboxylic acids is 2. The average molecular weight is 320 g/mol. The summed E-state index contributed by atoms with van der Waals surface area (Å²) in [5.41, 5.74) is 5.67. The molecule has 21 heavy (non-hydrogen) atoms. The molecular formula is C15H30ClN3O2. The SMILES string of the molecule is CCCCNC(=O)C1CCN(C(=O)CCC(C)N)CC1.Cl. The Morgan fingerprint density at radius 2 is 1.95 bits per heavy atom. The summed E-state index contributed by atoms with van der Waals surface area (Å²) >= 11 is 0. The fourth-order valence-corrected chi connectivity index (χ4v) is 2.43. The van der Waals surface area contributed by atoms with E-state index in [1.54, 1.807) is 0 Å². The standard InChI is InChI=1S/C15H29N3O2.ClH/c1-3-4-9-17-15(20)13-7-10-18(11-8-13)14(19)6-5-12(2)16;/h12-13H,3-11,16H2,1-2H3,(H,17,20);1H. The summed E-state index contributed by atoms with van der Waals surface area (Å²) in [5.74, 6) is 0.401.